The molecule has 1 amide bonds. The van der Waals surface area contributed by atoms with E-state index in [0.29, 0.717) is 22.0 Å². The molecule has 1 atom stereocenters. The number of benzene rings is 2. The van der Waals surface area contributed by atoms with Crippen LogP contribution in [0.5, 0.6) is 0 Å². The Labute approximate surface area is 170 Å². The summed E-state index contributed by atoms with van der Waals surface area (Å²) >= 11 is 5.99. The first-order valence-corrected chi connectivity index (χ1v) is 8.84. The molecule has 3 aromatic rings. The number of hydrogen-bond donors (Lipinski definition) is 1. The Balaban J connectivity index is 1.64. The number of furan rings is 1. The van der Waals surface area contributed by atoms with Gasteiger partial charge in [0.1, 0.15) is 5.76 Å². The average Bonchev–Trinajstić information content (AvgIpc) is 3.20. The number of esters is 1. The quantitative estimate of drug-likeness (QED) is 0.355. The number of rotatable bonds is 6. The summed E-state index contributed by atoms with van der Waals surface area (Å²) in [5.41, 5.74) is 0.901. The van der Waals surface area contributed by atoms with Gasteiger partial charge in [-0.15, -0.1) is 0 Å². The van der Waals surface area contributed by atoms with E-state index in [2.05, 4.69) is 5.32 Å². The van der Waals surface area contributed by atoms with Crippen molar-refractivity contribution in [2.45, 2.75) is 13.0 Å². The molecule has 1 heterocycles. The van der Waals surface area contributed by atoms with Crippen LogP contribution < -0.4 is 5.32 Å². The van der Waals surface area contributed by atoms with Crippen LogP contribution in [0.2, 0.25) is 5.02 Å². The summed E-state index contributed by atoms with van der Waals surface area (Å²) in [6.07, 6.45) is -1.09. The van der Waals surface area contributed by atoms with E-state index in [9.17, 15) is 19.7 Å². The SMILES string of the molecule is C[C@@H](OC(=O)c1ccc(-c2ccc([N+](=O)[O-])cc2)o1)C(=O)Nc1ccccc1Cl. The highest BCUT2D eigenvalue weighted by Gasteiger charge is 2.22. The first-order valence-electron chi connectivity index (χ1n) is 8.46. The number of para-hydroxylation sites is 1. The molecule has 1 N–H and O–H groups in total. The largest absolute Gasteiger partial charge is 0.449 e. The molecule has 0 radical (unpaired) electrons. The van der Waals surface area contributed by atoms with Crippen molar-refractivity contribution in [1.29, 1.82) is 0 Å². The van der Waals surface area contributed by atoms with Crippen LogP contribution in [-0.2, 0) is 9.53 Å². The van der Waals surface area contributed by atoms with Gasteiger partial charge in [0.05, 0.1) is 15.6 Å². The van der Waals surface area contributed by atoms with Crippen molar-refractivity contribution in [3.05, 3.63) is 81.6 Å². The topological polar surface area (TPSA) is 112 Å². The number of nitrogens with one attached hydrogen (secondary N) is 1. The Bertz CT molecular complexity index is 1060. The van der Waals surface area contributed by atoms with E-state index in [1.54, 1.807) is 24.3 Å². The van der Waals surface area contributed by atoms with Crippen LogP contribution in [0.1, 0.15) is 17.5 Å². The van der Waals surface area contributed by atoms with Gasteiger partial charge in [-0.05, 0) is 43.3 Å². The van der Waals surface area contributed by atoms with E-state index < -0.39 is 22.9 Å². The maximum atomic E-state index is 12.3. The minimum atomic E-state index is -1.09. The molecule has 148 valence electrons. The molecule has 1 aromatic heterocycles. The molecule has 0 unspecified atom stereocenters. The summed E-state index contributed by atoms with van der Waals surface area (Å²) in [6, 6.07) is 15.3. The summed E-state index contributed by atoms with van der Waals surface area (Å²) in [7, 11) is 0. The second kappa shape index (κ2) is 8.57. The number of amides is 1. The molecule has 9 heteroatoms. The molecule has 0 aliphatic rings. The zero-order valence-corrected chi connectivity index (χ0v) is 15.9. The Morgan fingerprint density at radius 1 is 1.10 bits per heavy atom. The Morgan fingerprint density at radius 2 is 1.79 bits per heavy atom. The van der Waals surface area contributed by atoms with Gasteiger partial charge in [0.25, 0.3) is 11.6 Å². The summed E-state index contributed by atoms with van der Waals surface area (Å²) in [6.45, 7) is 1.42. The van der Waals surface area contributed by atoms with Gasteiger partial charge in [0.15, 0.2) is 6.10 Å². The molecule has 0 saturated heterocycles. The standard InChI is InChI=1S/C20H15ClN2O6/c1-12(19(24)22-16-5-3-2-4-15(16)21)28-20(25)18-11-10-17(29-18)13-6-8-14(9-7-13)23(26)27/h2-12H,1H3,(H,22,24)/t12-/m1/s1. The Kier molecular flexibility index (Phi) is 5.94. The fourth-order valence-electron chi connectivity index (χ4n) is 2.42. The predicted molar refractivity (Wildman–Crippen MR) is 106 cm³/mol. The monoisotopic (exact) mass is 414 g/mol. The fourth-order valence-corrected chi connectivity index (χ4v) is 2.60. The van der Waals surface area contributed by atoms with Crippen molar-refractivity contribution in [3.63, 3.8) is 0 Å². The van der Waals surface area contributed by atoms with E-state index in [1.165, 1.54) is 43.3 Å². The maximum Gasteiger partial charge on any atom is 0.375 e. The second-order valence-corrected chi connectivity index (χ2v) is 6.39. The number of halogens is 1. The summed E-state index contributed by atoms with van der Waals surface area (Å²) in [5.74, 6) is -1.13. The second-order valence-electron chi connectivity index (χ2n) is 5.98. The molecule has 29 heavy (non-hydrogen) atoms. The van der Waals surface area contributed by atoms with Gasteiger partial charge >= 0.3 is 5.97 Å². The molecule has 3 rings (SSSR count). The van der Waals surface area contributed by atoms with Crippen LogP contribution in [-0.4, -0.2) is 22.9 Å². The van der Waals surface area contributed by atoms with Crippen molar-refractivity contribution < 1.29 is 23.7 Å². The highest BCUT2D eigenvalue weighted by atomic mass is 35.5. The molecule has 0 aliphatic heterocycles. The molecule has 0 aliphatic carbocycles. The zero-order valence-electron chi connectivity index (χ0n) is 15.1. The average molecular weight is 415 g/mol. The molecule has 0 spiro atoms. The van der Waals surface area contributed by atoms with Gasteiger partial charge in [-0.3, -0.25) is 14.9 Å². The van der Waals surface area contributed by atoms with Crippen molar-refractivity contribution in [2.24, 2.45) is 0 Å². The van der Waals surface area contributed by atoms with Crippen LogP contribution in [0.4, 0.5) is 11.4 Å². The number of anilines is 1. The fraction of sp³-hybridized carbons (Fsp3) is 0.100. The number of carbonyl (C=O) groups is 2. The number of nitro benzene ring substituents is 1. The van der Waals surface area contributed by atoms with Crippen LogP contribution in [0.15, 0.2) is 65.1 Å². The number of carbonyl (C=O) groups excluding carboxylic acids is 2. The van der Waals surface area contributed by atoms with Gasteiger partial charge in [-0.1, -0.05) is 23.7 Å². The predicted octanol–water partition coefficient (Wildman–Crippen LogP) is 4.69. The number of non-ortho nitro benzene ring substituents is 1. The molecule has 0 saturated carbocycles. The smallest absolute Gasteiger partial charge is 0.375 e. The number of nitro groups is 1. The molecule has 2 aromatic carbocycles. The lowest BCUT2D eigenvalue weighted by Gasteiger charge is -2.13. The van der Waals surface area contributed by atoms with Gasteiger partial charge in [0, 0.05) is 17.7 Å². The normalized spacial score (nSPS) is 11.5. The van der Waals surface area contributed by atoms with E-state index in [-0.39, 0.29) is 11.4 Å². The summed E-state index contributed by atoms with van der Waals surface area (Å²) in [4.78, 5) is 34.7. The first-order chi connectivity index (χ1) is 13.8. The minimum absolute atomic E-state index is 0.0571. The van der Waals surface area contributed by atoms with Crippen LogP contribution in [0, 0.1) is 10.1 Å². The van der Waals surface area contributed by atoms with E-state index in [1.807, 2.05) is 0 Å². The van der Waals surface area contributed by atoms with Crippen LogP contribution in [0.25, 0.3) is 11.3 Å². The lowest BCUT2D eigenvalue weighted by atomic mass is 10.1. The van der Waals surface area contributed by atoms with E-state index in [4.69, 9.17) is 20.8 Å². The van der Waals surface area contributed by atoms with Gasteiger partial charge in [-0.2, -0.15) is 0 Å². The van der Waals surface area contributed by atoms with E-state index >= 15 is 0 Å². The van der Waals surface area contributed by atoms with Gasteiger partial charge in [0.2, 0.25) is 5.76 Å². The number of nitrogens with zero attached hydrogens (tertiary/aromatic N) is 1. The molecule has 0 bridgehead atoms. The number of ether oxygens (including phenoxy) is 1. The van der Waals surface area contributed by atoms with E-state index in [0.717, 1.165) is 0 Å². The third-order valence-electron chi connectivity index (χ3n) is 3.95. The van der Waals surface area contributed by atoms with Crippen molar-refractivity contribution in [1.82, 2.24) is 0 Å². The highest BCUT2D eigenvalue weighted by Crippen LogP contribution is 2.25. The van der Waals surface area contributed by atoms with Crippen molar-refractivity contribution >= 4 is 34.9 Å². The van der Waals surface area contributed by atoms with Crippen molar-refractivity contribution in [3.8, 4) is 11.3 Å². The third kappa shape index (κ3) is 4.80. The minimum Gasteiger partial charge on any atom is -0.449 e. The molecule has 8 nitrogen and oxygen atoms in total. The van der Waals surface area contributed by atoms with Crippen LogP contribution in [0.3, 0.4) is 0 Å². The molecular formula is C20H15ClN2O6. The zero-order chi connectivity index (χ0) is 21.0. The van der Waals surface area contributed by atoms with Crippen molar-refractivity contribution in [2.75, 3.05) is 5.32 Å². The first kappa shape index (κ1) is 20.1. The summed E-state index contributed by atoms with van der Waals surface area (Å²) < 4.78 is 10.6. The van der Waals surface area contributed by atoms with Gasteiger partial charge in [-0.25, -0.2) is 4.79 Å². The number of hydrogen-bond acceptors (Lipinski definition) is 6. The molecular weight excluding hydrogens is 400 g/mol. The highest BCUT2D eigenvalue weighted by molar-refractivity contribution is 6.33. The maximum absolute atomic E-state index is 12.3. The summed E-state index contributed by atoms with van der Waals surface area (Å²) in [5, 5.41) is 13.7. The lowest BCUT2D eigenvalue weighted by molar-refractivity contribution is -0.384. The van der Waals surface area contributed by atoms with Crippen LogP contribution >= 0.6 is 11.6 Å². The lowest BCUT2D eigenvalue weighted by Crippen LogP contribution is -2.30. The molecule has 0 fully saturated rings. The Hall–Kier alpha value is -3.65. The Morgan fingerprint density at radius 3 is 2.45 bits per heavy atom. The van der Waals surface area contributed by atoms with Gasteiger partial charge < -0.3 is 14.5 Å². The third-order valence-corrected chi connectivity index (χ3v) is 4.28.